The summed E-state index contributed by atoms with van der Waals surface area (Å²) in [5.74, 6) is -0.327. The topological polar surface area (TPSA) is 49.8 Å². The molecular formula is C17H17F2NO3. The van der Waals surface area contributed by atoms with E-state index >= 15 is 0 Å². The Morgan fingerprint density at radius 2 is 1.87 bits per heavy atom. The number of amides is 1. The molecule has 0 spiro atoms. The first-order valence-corrected chi connectivity index (χ1v) is 6.95. The van der Waals surface area contributed by atoms with Crippen LogP contribution in [0.4, 0.5) is 8.78 Å². The quantitative estimate of drug-likeness (QED) is 0.916. The molecule has 2 aromatic carbocycles. The van der Waals surface area contributed by atoms with Gasteiger partial charge in [0.15, 0.2) is 0 Å². The van der Waals surface area contributed by atoms with E-state index < -0.39 is 6.61 Å². The molecule has 1 amide bonds. The summed E-state index contributed by atoms with van der Waals surface area (Å²) >= 11 is 0. The first-order valence-electron chi connectivity index (χ1n) is 6.95. The number of carbonyl (C=O) groups is 1. The van der Waals surface area contributed by atoms with Gasteiger partial charge in [0.25, 0.3) is 5.91 Å². The standard InChI is InChI=1S/C17H17F2NO3/c1-11-3-8-14(15(21)9-11)16(22)20(2)10-12-4-6-13(7-5-12)23-17(18)19/h3-9,17,21H,10H2,1-2H3. The summed E-state index contributed by atoms with van der Waals surface area (Å²) in [5, 5.41) is 9.86. The number of halogens is 2. The average Bonchev–Trinajstić information content (AvgIpc) is 2.48. The van der Waals surface area contributed by atoms with Crippen LogP contribution >= 0.6 is 0 Å². The molecule has 0 fully saturated rings. The van der Waals surface area contributed by atoms with Crippen LogP contribution in [-0.2, 0) is 6.54 Å². The lowest BCUT2D eigenvalue weighted by atomic mass is 10.1. The van der Waals surface area contributed by atoms with Crippen molar-refractivity contribution >= 4 is 5.91 Å². The van der Waals surface area contributed by atoms with Crippen molar-refractivity contribution in [1.29, 1.82) is 0 Å². The zero-order valence-corrected chi connectivity index (χ0v) is 12.8. The minimum absolute atomic E-state index is 0.0638. The van der Waals surface area contributed by atoms with Crippen molar-refractivity contribution in [2.24, 2.45) is 0 Å². The van der Waals surface area contributed by atoms with Crippen LogP contribution in [0.3, 0.4) is 0 Å². The highest BCUT2D eigenvalue weighted by atomic mass is 19.3. The smallest absolute Gasteiger partial charge is 0.387 e. The number of aryl methyl sites for hydroxylation is 1. The average molecular weight is 321 g/mol. The Bertz CT molecular complexity index is 687. The van der Waals surface area contributed by atoms with Crippen molar-refractivity contribution in [2.45, 2.75) is 20.1 Å². The molecule has 23 heavy (non-hydrogen) atoms. The zero-order chi connectivity index (χ0) is 17.0. The van der Waals surface area contributed by atoms with Gasteiger partial charge in [-0.15, -0.1) is 0 Å². The Balaban J connectivity index is 2.06. The van der Waals surface area contributed by atoms with Gasteiger partial charge < -0.3 is 14.7 Å². The van der Waals surface area contributed by atoms with Crippen molar-refractivity contribution in [3.05, 3.63) is 59.2 Å². The summed E-state index contributed by atoms with van der Waals surface area (Å²) in [7, 11) is 1.60. The number of carbonyl (C=O) groups excluding carboxylic acids is 1. The first-order chi connectivity index (χ1) is 10.9. The fourth-order valence-corrected chi connectivity index (χ4v) is 2.15. The van der Waals surface area contributed by atoms with E-state index in [-0.39, 0.29) is 29.5 Å². The van der Waals surface area contributed by atoms with Crippen LogP contribution in [0.5, 0.6) is 11.5 Å². The summed E-state index contributed by atoms with van der Waals surface area (Å²) in [4.78, 5) is 13.8. The van der Waals surface area contributed by atoms with Gasteiger partial charge in [0.1, 0.15) is 11.5 Å². The highest BCUT2D eigenvalue weighted by molar-refractivity contribution is 5.96. The Kier molecular flexibility index (Phi) is 5.16. The normalized spacial score (nSPS) is 10.7. The SMILES string of the molecule is Cc1ccc(C(=O)N(C)Cc2ccc(OC(F)F)cc2)c(O)c1. The Morgan fingerprint density at radius 1 is 1.22 bits per heavy atom. The van der Waals surface area contributed by atoms with Gasteiger partial charge in [-0.05, 0) is 42.3 Å². The molecule has 0 saturated heterocycles. The Hall–Kier alpha value is -2.63. The highest BCUT2D eigenvalue weighted by Gasteiger charge is 2.16. The van der Waals surface area contributed by atoms with Gasteiger partial charge in [0.2, 0.25) is 0 Å². The van der Waals surface area contributed by atoms with Gasteiger partial charge >= 0.3 is 6.61 Å². The predicted octanol–water partition coefficient (Wildman–Crippen LogP) is 3.57. The fraction of sp³-hybridized carbons (Fsp3) is 0.235. The number of rotatable bonds is 5. The van der Waals surface area contributed by atoms with E-state index in [0.717, 1.165) is 11.1 Å². The van der Waals surface area contributed by atoms with Gasteiger partial charge in [-0.1, -0.05) is 18.2 Å². The molecule has 1 N–H and O–H groups in total. The predicted molar refractivity (Wildman–Crippen MR) is 81.7 cm³/mol. The lowest BCUT2D eigenvalue weighted by Gasteiger charge is -2.18. The number of nitrogens with zero attached hydrogens (tertiary/aromatic N) is 1. The van der Waals surface area contributed by atoms with Gasteiger partial charge in [0.05, 0.1) is 5.56 Å². The minimum atomic E-state index is -2.87. The van der Waals surface area contributed by atoms with Gasteiger partial charge in [-0.25, -0.2) is 0 Å². The second-order valence-electron chi connectivity index (χ2n) is 5.20. The van der Waals surface area contributed by atoms with E-state index in [1.165, 1.54) is 23.1 Å². The van der Waals surface area contributed by atoms with E-state index in [1.54, 1.807) is 31.3 Å². The van der Waals surface area contributed by atoms with Gasteiger partial charge in [-0.3, -0.25) is 4.79 Å². The lowest BCUT2D eigenvalue weighted by molar-refractivity contribution is -0.0498. The summed E-state index contributed by atoms with van der Waals surface area (Å²) in [6.45, 7) is -0.767. The first kappa shape index (κ1) is 16.7. The number of hydrogen-bond donors (Lipinski definition) is 1. The largest absolute Gasteiger partial charge is 0.507 e. The second-order valence-corrected chi connectivity index (χ2v) is 5.20. The maximum Gasteiger partial charge on any atom is 0.387 e. The van der Waals surface area contributed by atoms with E-state index in [2.05, 4.69) is 4.74 Å². The van der Waals surface area contributed by atoms with Crippen molar-refractivity contribution < 1.29 is 23.4 Å². The van der Waals surface area contributed by atoms with Crippen LogP contribution in [0.1, 0.15) is 21.5 Å². The van der Waals surface area contributed by atoms with Crippen LogP contribution in [-0.4, -0.2) is 29.6 Å². The van der Waals surface area contributed by atoms with Gasteiger partial charge in [0, 0.05) is 13.6 Å². The molecule has 122 valence electrons. The molecule has 0 saturated carbocycles. The van der Waals surface area contributed by atoms with E-state index in [4.69, 9.17) is 0 Å². The third-order valence-corrected chi connectivity index (χ3v) is 3.30. The molecule has 0 aliphatic rings. The molecule has 0 unspecified atom stereocenters. The Morgan fingerprint density at radius 3 is 2.43 bits per heavy atom. The molecular weight excluding hydrogens is 304 g/mol. The molecule has 0 atom stereocenters. The summed E-state index contributed by atoms with van der Waals surface area (Å²) < 4.78 is 28.5. The van der Waals surface area contributed by atoms with Crippen LogP contribution in [0.25, 0.3) is 0 Å². The molecule has 0 heterocycles. The van der Waals surface area contributed by atoms with Crippen molar-refractivity contribution in [1.82, 2.24) is 4.90 Å². The minimum Gasteiger partial charge on any atom is -0.507 e. The number of phenolic OH excluding ortho intramolecular Hbond substituents is 1. The van der Waals surface area contributed by atoms with Crippen LogP contribution in [0.15, 0.2) is 42.5 Å². The molecule has 0 aliphatic carbocycles. The fourth-order valence-electron chi connectivity index (χ4n) is 2.15. The van der Waals surface area contributed by atoms with Crippen molar-refractivity contribution in [2.75, 3.05) is 7.05 Å². The number of hydrogen-bond acceptors (Lipinski definition) is 3. The monoisotopic (exact) mass is 321 g/mol. The number of benzene rings is 2. The third kappa shape index (κ3) is 4.42. The van der Waals surface area contributed by atoms with Crippen LogP contribution in [0.2, 0.25) is 0 Å². The molecule has 6 heteroatoms. The van der Waals surface area contributed by atoms with Crippen LogP contribution in [0, 0.1) is 6.92 Å². The van der Waals surface area contributed by atoms with Gasteiger partial charge in [-0.2, -0.15) is 8.78 Å². The number of ether oxygens (including phenoxy) is 1. The maximum atomic E-state index is 12.3. The molecule has 2 aromatic rings. The van der Waals surface area contributed by atoms with E-state index in [9.17, 15) is 18.7 Å². The van der Waals surface area contributed by atoms with Crippen molar-refractivity contribution in [3.8, 4) is 11.5 Å². The van der Waals surface area contributed by atoms with Crippen LogP contribution < -0.4 is 4.74 Å². The summed E-state index contributed by atoms with van der Waals surface area (Å²) in [6, 6.07) is 10.9. The number of alkyl halides is 2. The molecule has 0 aromatic heterocycles. The second kappa shape index (κ2) is 7.09. The molecule has 0 bridgehead atoms. The molecule has 2 rings (SSSR count). The number of aromatic hydroxyl groups is 1. The lowest BCUT2D eigenvalue weighted by Crippen LogP contribution is -2.26. The summed E-state index contributed by atoms with van der Waals surface area (Å²) in [6.07, 6.45) is 0. The van der Waals surface area contributed by atoms with E-state index in [1.807, 2.05) is 6.92 Å². The molecule has 4 nitrogen and oxygen atoms in total. The number of phenols is 1. The van der Waals surface area contributed by atoms with Crippen molar-refractivity contribution in [3.63, 3.8) is 0 Å². The summed E-state index contributed by atoms with van der Waals surface area (Å²) in [5.41, 5.74) is 1.83. The highest BCUT2D eigenvalue weighted by Crippen LogP contribution is 2.21. The third-order valence-electron chi connectivity index (χ3n) is 3.30. The Labute approximate surface area is 132 Å². The molecule has 0 aliphatic heterocycles. The molecule has 0 radical (unpaired) electrons. The zero-order valence-electron chi connectivity index (χ0n) is 12.8. The maximum absolute atomic E-state index is 12.3. The van der Waals surface area contributed by atoms with E-state index in [0.29, 0.717) is 0 Å².